The van der Waals surface area contributed by atoms with Gasteiger partial charge in [-0.1, -0.05) is 65.3 Å². The lowest BCUT2D eigenvalue weighted by atomic mass is 9.34. The van der Waals surface area contributed by atoms with E-state index in [-0.39, 0.29) is 29.6 Å². The molecular weight excluding hydrogens is 1020 g/mol. The van der Waals surface area contributed by atoms with E-state index in [9.17, 15) is 70.6 Å². The molecule has 3 heterocycles. The Hall–Kier alpha value is -3.01. The third-order valence-corrected chi connectivity index (χ3v) is 20.9. The van der Waals surface area contributed by atoms with Crippen molar-refractivity contribution in [2.24, 2.45) is 50.7 Å². The lowest BCUT2D eigenvalue weighted by Gasteiger charge is -2.72. The van der Waals surface area contributed by atoms with Gasteiger partial charge >= 0.3 is 17.9 Å². The molecule has 0 aromatic carbocycles. The molecule has 0 amide bonds. The Morgan fingerprint density at radius 3 is 1.78 bits per heavy atom. The van der Waals surface area contributed by atoms with Crippen LogP contribution in [0.5, 0.6) is 0 Å². The highest BCUT2D eigenvalue weighted by Crippen LogP contribution is 2.75. The van der Waals surface area contributed by atoms with Gasteiger partial charge < -0.3 is 94.1 Å². The fourth-order valence-electron chi connectivity index (χ4n) is 15.8. The Labute approximate surface area is 455 Å². The Morgan fingerprint density at radius 2 is 1.23 bits per heavy atom. The van der Waals surface area contributed by atoms with E-state index in [1.807, 2.05) is 20.8 Å². The largest absolute Gasteiger partial charge is 0.479 e. The molecule has 8 aliphatic rings. The second kappa shape index (κ2) is 22.6. The average molecular weight is 1110 g/mol. The van der Waals surface area contributed by atoms with Crippen molar-refractivity contribution in [3.05, 3.63) is 34.9 Å². The number of carboxylic acid groups (broad SMARTS) is 1. The minimum atomic E-state index is -2.10. The Morgan fingerprint density at radius 1 is 0.679 bits per heavy atom. The van der Waals surface area contributed by atoms with Gasteiger partial charge in [0.1, 0.15) is 67.1 Å². The molecule has 26 atom stereocenters. The van der Waals surface area contributed by atoms with Crippen LogP contribution in [0.25, 0.3) is 0 Å². The number of carbonyl (C=O) groups is 3. The van der Waals surface area contributed by atoms with Crippen LogP contribution in [0, 0.1) is 50.7 Å². The van der Waals surface area contributed by atoms with Crippen molar-refractivity contribution < 1.29 is 108 Å². The molecule has 5 aliphatic carbocycles. The monoisotopic (exact) mass is 1110 g/mol. The summed E-state index contributed by atoms with van der Waals surface area (Å²) in [6.07, 6.45) is -19.9. The number of hydrogen-bond donors (Lipinski definition) is 11. The van der Waals surface area contributed by atoms with E-state index in [0.717, 1.165) is 5.57 Å². The first-order valence-electron chi connectivity index (χ1n) is 27.7. The van der Waals surface area contributed by atoms with Crippen molar-refractivity contribution in [2.45, 2.75) is 225 Å². The number of ether oxygens (including phenoxy) is 8. The van der Waals surface area contributed by atoms with Crippen LogP contribution in [0.4, 0.5) is 0 Å². The van der Waals surface area contributed by atoms with Gasteiger partial charge in [0.25, 0.3) is 0 Å². The maximum atomic E-state index is 13.8. The lowest BCUT2D eigenvalue weighted by Crippen LogP contribution is -2.72. The molecule has 78 heavy (non-hydrogen) atoms. The Kier molecular flexibility index (Phi) is 17.7. The zero-order valence-corrected chi connectivity index (χ0v) is 46.4. The minimum Gasteiger partial charge on any atom is -0.479 e. The van der Waals surface area contributed by atoms with Gasteiger partial charge in [0.2, 0.25) is 0 Å². The number of allylic oxidation sites excluding steroid dienone is 4. The number of aliphatic hydroxyl groups is 10. The van der Waals surface area contributed by atoms with Crippen molar-refractivity contribution >= 4 is 17.9 Å². The number of carbonyl (C=O) groups excluding carboxylic acids is 2. The summed E-state index contributed by atoms with van der Waals surface area (Å²) in [5.41, 5.74) is -1.89. The highest BCUT2D eigenvalue weighted by atomic mass is 16.8. The molecule has 0 aromatic rings. The van der Waals surface area contributed by atoms with Gasteiger partial charge in [-0.05, 0) is 113 Å². The van der Waals surface area contributed by atoms with Crippen LogP contribution < -0.4 is 0 Å². The fourth-order valence-corrected chi connectivity index (χ4v) is 15.8. The molecule has 0 spiro atoms. The summed E-state index contributed by atoms with van der Waals surface area (Å²) < 4.78 is 49.0. The number of carboxylic acids is 1. The molecule has 0 aromatic heterocycles. The molecule has 22 heteroatoms. The van der Waals surface area contributed by atoms with E-state index in [4.69, 9.17) is 37.9 Å². The third-order valence-electron chi connectivity index (χ3n) is 20.9. The summed E-state index contributed by atoms with van der Waals surface area (Å²) in [4.78, 5) is 40.2. The summed E-state index contributed by atoms with van der Waals surface area (Å²) in [6, 6.07) is 0. The number of hydrogen-bond acceptors (Lipinski definition) is 21. The predicted octanol–water partition coefficient (Wildman–Crippen LogP) is 0.902. The molecule has 4 saturated carbocycles. The van der Waals surface area contributed by atoms with E-state index in [1.165, 1.54) is 0 Å². The zero-order chi connectivity index (χ0) is 57.5. The summed E-state index contributed by atoms with van der Waals surface area (Å²) in [5.74, 6) is -3.57. The lowest BCUT2D eigenvalue weighted by molar-refractivity contribution is -0.384. The number of rotatable bonds is 14. The topological polar surface area (TPSA) is 348 Å². The quantitative estimate of drug-likeness (QED) is 0.0498. The highest BCUT2D eigenvalue weighted by molar-refractivity contribution is 5.89. The first-order valence-corrected chi connectivity index (χ1v) is 27.7. The number of aliphatic carboxylic acids is 1. The Bertz CT molecular complexity index is 2300. The molecule has 26 unspecified atom stereocenters. The fraction of sp³-hybridized carbons (Fsp3) is 0.839. The third kappa shape index (κ3) is 9.85. The standard InChI is InChI=1S/C56H86O22/c1-11-24(3)47(69)77-44-45(78-48(70)25(4)12-2)56(23-59)29(19-52(44,6)7)28-13-14-33-53(8)17-16-30(26(5)27(53)15-18-54(33,9)55(28,10)20-34(56)60)71-51-43(76-50-39(65)37(63)35(61)31(21-57)72-50)41(40(66)42(75-51)46(67)68)74-49-38(64)36(62)32(22-58)73-49/h11-13,26-27,29-45,49-51,57-66H,14-23H2,1-10H3,(H,67,68). The molecule has 7 fully saturated rings. The second-order valence-electron chi connectivity index (χ2n) is 25.1. The smallest absolute Gasteiger partial charge is 0.335 e. The van der Waals surface area contributed by atoms with Crippen molar-refractivity contribution in [3.63, 3.8) is 0 Å². The molecule has 8 rings (SSSR count). The number of esters is 2. The van der Waals surface area contributed by atoms with E-state index < -0.39 is 176 Å². The first-order chi connectivity index (χ1) is 36.6. The van der Waals surface area contributed by atoms with Crippen LogP contribution in [0.3, 0.4) is 0 Å². The molecule has 442 valence electrons. The van der Waals surface area contributed by atoms with Gasteiger partial charge in [0.15, 0.2) is 31.1 Å². The minimum absolute atomic E-state index is 0.0125. The number of aliphatic hydroxyl groups excluding tert-OH is 10. The van der Waals surface area contributed by atoms with Crippen LogP contribution in [-0.2, 0) is 52.3 Å². The van der Waals surface area contributed by atoms with E-state index in [0.29, 0.717) is 49.7 Å². The predicted molar refractivity (Wildman–Crippen MR) is 271 cm³/mol. The van der Waals surface area contributed by atoms with Crippen molar-refractivity contribution in [1.82, 2.24) is 0 Å². The zero-order valence-electron chi connectivity index (χ0n) is 46.4. The summed E-state index contributed by atoms with van der Waals surface area (Å²) >= 11 is 0. The van der Waals surface area contributed by atoms with Crippen molar-refractivity contribution in [1.29, 1.82) is 0 Å². The van der Waals surface area contributed by atoms with Crippen LogP contribution in [-0.4, -0.2) is 204 Å². The van der Waals surface area contributed by atoms with Crippen molar-refractivity contribution in [2.75, 3.05) is 19.8 Å². The summed E-state index contributed by atoms with van der Waals surface area (Å²) in [5, 5.41) is 120. The molecule has 0 bridgehead atoms. The SMILES string of the molecule is CC=C(C)C(=O)OC1C(OC(=O)C(C)=CC)C2(CO)C(O)CC3(C)C(=CCC4C5(C)CCC(OC6OC(C(=O)O)C(O)C(OC7OC(CO)C(O)C7O)C6OC6OC(CO)C(O)C(O)C6O)C(C)C5CCC43C)C2CC1(C)C. The molecular formula is C56H86O22. The highest BCUT2D eigenvalue weighted by Gasteiger charge is 2.73. The average Bonchev–Trinajstić information content (AvgIpc) is 3.83. The van der Waals surface area contributed by atoms with Gasteiger partial charge in [-0.3, -0.25) is 0 Å². The van der Waals surface area contributed by atoms with Crippen LogP contribution in [0.15, 0.2) is 34.9 Å². The molecule has 22 nitrogen and oxygen atoms in total. The van der Waals surface area contributed by atoms with E-state index >= 15 is 0 Å². The molecule has 0 radical (unpaired) electrons. The Balaban J connectivity index is 1.11. The van der Waals surface area contributed by atoms with Gasteiger partial charge in [-0.2, -0.15) is 0 Å². The maximum absolute atomic E-state index is 13.8. The van der Waals surface area contributed by atoms with Gasteiger partial charge in [0.05, 0.1) is 37.4 Å². The second-order valence-corrected chi connectivity index (χ2v) is 25.1. The molecule has 11 N–H and O–H groups in total. The van der Waals surface area contributed by atoms with Gasteiger partial charge in [0, 0.05) is 16.6 Å². The van der Waals surface area contributed by atoms with Crippen LogP contribution in [0.1, 0.15) is 114 Å². The van der Waals surface area contributed by atoms with Gasteiger partial charge in [-0.15, -0.1) is 0 Å². The van der Waals surface area contributed by atoms with Crippen molar-refractivity contribution in [3.8, 4) is 0 Å². The molecule has 3 aliphatic heterocycles. The van der Waals surface area contributed by atoms with E-state index in [1.54, 1.807) is 39.8 Å². The first kappa shape index (κ1) is 61.1. The summed E-state index contributed by atoms with van der Waals surface area (Å²) in [6.45, 7) is 17.3. The maximum Gasteiger partial charge on any atom is 0.335 e. The number of fused-ring (bicyclic) bond motifs is 7. The molecule has 3 saturated heterocycles. The van der Waals surface area contributed by atoms with E-state index in [2.05, 4.69) is 26.8 Å². The summed E-state index contributed by atoms with van der Waals surface area (Å²) in [7, 11) is 0. The van der Waals surface area contributed by atoms with Crippen LogP contribution >= 0.6 is 0 Å². The van der Waals surface area contributed by atoms with Crippen LogP contribution in [0.2, 0.25) is 0 Å². The van der Waals surface area contributed by atoms with Gasteiger partial charge in [-0.25, -0.2) is 14.4 Å². The normalized spacial score (nSPS) is 49.3.